The number of nitrogens with two attached hydrogens (primary N) is 1. The smallest absolute Gasteiger partial charge is 0.262 e. The van der Waals surface area contributed by atoms with Crippen LogP contribution in [0.5, 0.6) is 0 Å². The van der Waals surface area contributed by atoms with Gasteiger partial charge in [0.15, 0.2) is 0 Å². The summed E-state index contributed by atoms with van der Waals surface area (Å²) in [4.78, 5) is 12.6. The Hall–Kier alpha value is -0.320. The van der Waals surface area contributed by atoms with E-state index >= 15 is 0 Å². The number of rotatable bonds is 5. The molecule has 132 valence electrons. The molecule has 23 heavy (non-hydrogen) atoms. The van der Waals surface area contributed by atoms with Crippen molar-refractivity contribution in [2.45, 2.75) is 24.3 Å². The van der Waals surface area contributed by atoms with Crippen LogP contribution in [0.1, 0.15) is 23.5 Å². The molecule has 0 unspecified atom stereocenters. The number of nitrogens with one attached hydrogen (secondary N) is 1. The summed E-state index contributed by atoms with van der Waals surface area (Å²) in [5, 5.41) is 4.33. The Balaban J connectivity index is 0.00000264. The molecular formula is C13H22ClN3O3S3. The fourth-order valence-electron chi connectivity index (χ4n) is 1.98. The summed E-state index contributed by atoms with van der Waals surface area (Å²) in [6, 6.07) is 1.50. The highest BCUT2D eigenvalue weighted by Gasteiger charge is 2.31. The van der Waals surface area contributed by atoms with Gasteiger partial charge in [-0.1, -0.05) is 0 Å². The first-order valence-corrected chi connectivity index (χ1v) is 10.4. The molecule has 1 saturated heterocycles. The minimum Gasteiger partial charge on any atom is -0.349 e. The van der Waals surface area contributed by atoms with Gasteiger partial charge >= 0.3 is 0 Å². The number of thiophene rings is 1. The molecule has 3 N–H and O–H groups in total. The Labute approximate surface area is 151 Å². The maximum Gasteiger partial charge on any atom is 0.262 e. The van der Waals surface area contributed by atoms with E-state index < -0.39 is 21.5 Å². The van der Waals surface area contributed by atoms with Crippen LogP contribution in [-0.2, 0) is 10.0 Å². The van der Waals surface area contributed by atoms with Gasteiger partial charge in [-0.2, -0.15) is 16.1 Å². The molecule has 1 aliphatic rings. The van der Waals surface area contributed by atoms with Crippen LogP contribution in [0.25, 0.3) is 0 Å². The molecule has 0 aliphatic carbocycles. The summed E-state index contributed by atoms with van der Waals surface area (Å²) in [6.45, 7) is 4.85. The number of thioether (sulfide) groups is 1. The van der Waals surface area contributed by atoms with Crippen molar-refractivity contribution in [1.29, 1.82) is 0 Å². The number of carbonyl (C=O) groups is 1. The van der Waals surface area contributed by atoms with E-state index in [0.29, 0.717) is 13.1 Å². The largest absolute Gasteiger partial charge is 0.349 e. The molecule has 0 atom stereocenters. The second kappa shape index (κ2) is 8.17. The summed E-state index contributed by atoms with van der Waals surface area (Å²) in [7, 11) is -3.61. The third-order valence-electron chi connectivity index (χ3n) is 3.13. The molecule has 0 radical (unpaired) electrons. The van der Waals surface area contributed by atoms with Crippen LogP contribution in [0.15, 0.2) is 16.3 Å². The SMILES string of the molecule is CC(C)(N)CNC(=O)c1sccc1S(=O)(=O)N1CCSCC1.Cl. The van der Waals surface area contributed by atoms with Gasteiger partial charge in [-0.25, -0.2) is 8.42 Å². The Morgan fingerprint density at radius 1 is 1.39 bits per heavy atom. The van der Waals surface area contributed by atoms with Crippen LogP contribution in [-0.4, -0.2) is 55.3 Å². The average molecular weight is 400 g/mol. The van der Waals surface area contributed by atoms with Crippen LogP contribution in [0.2, 0.25) is 0 Å². The summed E-state index contributed by atoms with van der Waals surface area (Å²) >= 11 is 2.87. The molecular weight excluding hydrogens is 378 g/mol. The zero-order valence-electron chi connectivity index (χ0n) is 13.1. The molecule has 6 nitrogen and oxygen atoms in total. The third-order valence-corrected chi connectivity index (χ3v) is 7.05. The molecule has 1 aromatic heterocycles. The number of hydrogen-bond donors (Lipinski definition) is 2. The van der Waals surface area contributed by atoms with Gasteiger partial charge in [0.05, 0.1) is 0 Å². The molecule has 0 aromatic carbocycles. The number of hydrogen-bond acceptors (Lipinski definition) is 6. The van der Waals surface area contributed by atoms with Gasteiger partial charge in [0.1, 0.15) is 9.77 Å². The van der Waals surface area contributed by atoms with Gasteiger partial charge in [-0.3, -0.25) is 4.79 Å². The molecule has 1 amide bonds. The van der Waals surface area contributed by atoms with E-state index in [2.05, 4.69) is 5.32 Å². The van der Waals surface area contributed by atoms with E-state index in [4.69, 9.17) is 5.73 Å². The molecule has 0 saturated carbocycles. The summed E-state index contributed by atoms with van der Waals surface area (Å²) in [5.41, 5.74) is 5.29. The lowest BCUT2D eigenvalue weighted by molar-refractivity contribution is 0.0947. The van der Waals surface area contributed by atoms with E-state index in [1.807, 2.05) is 0 Å². The number of nitrogens with zero attached hydrogens (tertiary/aromatic N) is 1. The lowest BCUT2D eigenvalue weighted by atomic mass is 10.1. The van der Waals surface area contributed by atoms with Gasteiger partial charge < -0.3 is 11.1 Å². The van der Waals surface area contributed by atoms with Crippen LogP contribution in [0.3, 0.4) is 0 Å². The number of carbonyl (C=O) groups excluding carboxylic acids is 1. The standard InChI is InChI=1S/C13H21N3O3S3.ClH/c1-13(2,14)9-15-12(17)11-10(3-6-21-11)22(18,19)16-4-7-20-8-5-16;/h3,6H,4-5,7-9,14H2,1-2H3,(H,15,17);1H. The van der Waals surface area contributed by atoms with E-state index in [9.17, 15) is 13.2 Å². The minimum atomic E-state index is -3.61. The van der Waals surface area contributed by atoms with Crippen molar-refractivity contribution < 1.29 is 13.2 Å². The predicted molar refractivity (Wildman–Crippen MR) is 98.3 cm³/mol. The predicted octanol–water partition coefficient (Wildman–Crippen LogP) is 1.37. The fraction of sp³-hybridized carbons (Fsp3) is 0.615. The van der Waals surface area contributed by atoms with E-state index in [1.165, 1.54) is 10.4 Å². The Bertz CT molecular complexity index is 634. The first kappa shape index (κ1) is 20.7. The fourth-order valence-corrected chi connectivity index (χ4v) is 5.87. The first-order valence-electron chi connectivity index (χ1n) is 6.94. The van der Waals surface area contributed by atoms with Crippen molar-refractivity contribution in [3.05, 3.63) is 16.3 Å². The van der Waals surface area contributed by atoms with Crippen molar-refractivity contribution in [2.75, 3.05) is 31.1 Å². The number of amides is 1. The lowest BCUT2D eigenvalue weighted by Crippen LogP contribution is -2.45. The van der Waals surface area contributed by atoms with Crippen LogP contribution in [0, 0.1) is 0 Å². The Morgan fingerprint density at radius 3 is 2.57 bits per heavy atom. The number of sulfonamides is 1. The third kappa shape index (κ3) is 5.33. The molecule has 0 spiro atoms. The first-order chi connectivity index (χ1) is 10.2. The summed E-state index contributed by atoms with van der Waals surface area (Å²) in [5.74, 6) is 1.18. The van der Waals surface area contributed by atoms with E-state index in [0.717, 1.165) is 22.8 Å². The lowest BCUT2D eigenvalue weighted by Gasteiger charge is -2.25. The molecule has 0 bridgehead atoms. The van der Waals surface area contributed by atoms with Crippen molar-refractivity contribution in [2.24, 2.45) is 5.73 Å². The van der Waals surface area contributed by atoms with Crippen LogP contribution < -0.4 is 11.1 Å². The quantitative estimate of drug-likeness (QED) is 0.780. The summed E-state index contributed by atoms with van der Waals surface area (Å²) in [6.07, 6.45) is 0. The minimum absolute atomic E-state index is 0. The van der Waals surface area contributed by atoms with Gasteiger partial charge in [0.2, 0.25) is 10.0 Å². The average Bonchev–Trinajstić information content (AvgIpc) is 2.95. The second-order valence-corrected chi connectivity index (χ2v) is 9.85. The maximum atomic E-state index is 12.7. The van der Waals surface area contributed by atoms with Crippen molar-refractivity contribution in [3.63, 3.8) is 0 Å². The van der Waals surface area contributed by atoms with Crippen LogP contribution >= 0.6 is 35.5 Å². The maximum absolute atomic E-state index is 12.7. The topological polar surface area (TPSA) is 92.5 Å². The molecule has 2 rings (SSSR count). The zero-order valence-corrected chi connectivity index (χ0v) is 16.3. The molecule has 10 heteroatoms. The normalized spacial score (nSPS) is 16.7. The summed E-state index contributed by atoms with van der Waals surface area (Å²) < 4.78 is 26.8. The molecule has 1 aromatic rings. The monoisotopic (exact) mass is 399 g/mol. The van der Waals surface area contributed by atoms with Crippen molar-refractivity contribution in [1.82, 2.24) is 9.62 Å². The molecule has 1 aliphatic heterocycles. The highest BCUT2D eigenvalue weighted by molar-refractivity contribution is 7.99. The van der Waals surface area contributed by atoms with Gasteiger partial charge in [-0.15, -0.1) is 23.7 Å². The van der Waals surface area contributed by atoms with Gasteiger partial charge in [-0.05, 0) is 25.3 Å². The molecule has 2 heterocycles. The van der Waals surface area contributed by atoms with Gasteiger partial charge in [0.25, 0.3) is 5.91 Å². The highest BCUT2D eigenvalue weighted by Crippen LogP contribution is 2.27. The van der Waals surface area contributed by atoms with E-state index in [1.54, 1.807) is 31.0 Å². The Kier molecular flexibility index (Phi) is 7.36. The second-order valence-electron chi connectivity index (χ2n) is 5.80. The van der Waals surface area contributed by atoms with Crippen molar-refractivity contribution >= 4 is 51.4 Å². The van der Waals surface area contributed by atoms with Crippen molar-refractivity contribution in [3.8, 4) is 0 Å². The Morgan fingerprint density at radius 2 is 2.00 bits per heavy atom. The zero-order chi connectivity index (χ0) is 16.4. The highest BCUT2D eigenvalue weighted by atomic mass is 35.5. The number of halogens is 1. The molecule has 1 fully saturated rings. The van der Waals surface area contributed by atoms with E-state index in [-0.39, 0.29) is 28.7 Å². The van der Waals surface area contributed by atoms with Crippen LogP contribution in [0.4, 0.5) is 0 Å². The van der Waals surface area contributed by atoms with Gasteiger partial charge in [0, 0.05) is 36.7 Å².